The van der Waals surface area contributed by atoms with Crippen LogP contribution >= 0.6 is 0 Å². The summed E-state index contributed by atoms with van der Waals surface area (Å²) in [6, 6.07) is 4.27. The summed E-state index contributed by atoms with van der Waals surface area (Å²) in [5, 5.41) is 9.88. The van der Waals surface area contributed by atoms with Gasteiger partial charge in [0.1, 0.15) is 5.75 Å². The van der Waals surface area contributed by atoms with Crippen LogP contribution in [0.1, 0.15) is 35.6 Å². The van der Waals surface area contributed by atoms with E-state index >= 15 is 0 Å². The summed E-state index contributed by atoms with van der Waals surface area (Å²) in [6.07, 6.45) is 2.66. The highest BCUT2D eigenvalue weighted by atomic mass is 32.2. The van der Waals surface area contributed by atoms with E-state index in [-0.39, 0.29) is 12.1 Å². The molecule has 2 aliphatic heterocycles. The van der Waals surface area contributed by atoms with Gasteiger partial charge in [0.25, 0.3) is 0 Å². The van der Waals surface area contributed by atoms with E-state index in [0.717, 1.165) is 37.9 Å². The van der Waals surface area contributed by atoms with Crippen LogP contribution in [0.5, 0.6) is 5.75 Å². The first-order chi connectivity index (χ1) is 9.97. The van der Waals surface area contributed by atoms with Crippen molar-refractivity contribution in [2.24, 2.45) is 0 Å². The Kier molecular flexibility index (Phi) is 4.05. The van der Waals surface area contributed by atoms with Crippen LogP contribution in [0.2, 0.25) is 0 Å². The molecule has 0 bridgehead atoms. The minimum Gasteiger partial charge on any atom is -0.760 e. The maximum atomic E-state index is 11.2. The van der Waals surface area contributed by atoms with Gasteiger partial charge in [0.05, 0.1) is 0 Å². The molecule has 0 saturated carbocycles. The molecule has 0 radical (unpaired) electrons. The van der Waals surface area contributed by atoms with Crippen LogP contribution in [0.15, 0.2) is 12.1 Å². The monoisotopic (exact) mass is 309 g/mol. The number of piperidine rings is 1. The Balaban J connectivity index is 1.90. The van der Waals surface area contributed by atoms with Gasteiger partial charge in [-0.2, -0.15) is 0 Å². The topological polar surface area (TPSA) is 66.8 Å². The molecule has 0 aliphatic carbocycles. The third-order valence-corrected chi connectivity index (χ3v) is 5.69. The molecule has 0 amide bonds. The zero-order valence-electron chi connectivity index (χ0n) is 12.4. The van der Waals surface area contributed by atoms with E-state index in [9.17, 15) is 13.9 Å². The second-order valence-electron chi connectivity index (χ2n) is 6.08. The summed E-state index contributed by atoms with van der Waals surface area (Å²) in [5.74, 6) is 0.354. The van der Waals surface area contributed by atoms with Crippen molar-refractivity contribution in [3.8, 4) is 5.75 Å². The van der Waals surface area contributed by atoms with Crippen LogP contribution < -0.4 is 0 Å². The van der Waals surface area contributed by atoms with Gasteiger partial charge in [0.15, 0.2) is 0 Å². The standard InChI is InChI=1S/C15H22N2O3S/c1-10-7-13-11(8-15(10)18)3-5-17-6-4-12(9-14(13)17)16(2)21(19)20/h7-8,12,14,18H,3-6,9H2,1-2H3,(H,19,20)/p-1. The molecule has 0 aromatic heterocycles. The molecule has 3 rings (SSSR count). The first-order valence-electron chi connectivity index (χ1n) is 7.36. The first-order valence-corrected chi connectivity index (χ1v) is 8.39. The van der Waals surface area contributed by atoms with Crippen molar-refractivity contribution in [3.63, 3.8) is 0 Å². The lowest BCUT2D eigenvalue weighted by Gasteiger charge is -2.45. The Morgan fingerprint density at radius 1 is 1.43 bits per heavy atom. The Labute approximate surface area is 128 Å². The number of hydrogen-bond donors (Lipinski definition) is 1. The van der Waals surface area contributed by atoms with Crippen molar-refractivity contribution in [2.45, 2.75) is 38.3 Å². The highest BCUT2D eigenvalue weighted by Crippen LogP contribution is 2.40. The first kappa shape index (κ1) is 15.0. The molecule has 0 spiro atoms. The van der Waals surface area contributed by atoms with Crippen LogP contribution in [0, 0.1) is 6.92 Å². The van der Waals surface area contributed by atoms with Gasteiger partial charge >= 0.3 is 0 Å². The van der Waals surface area contributed by atoms with Crippen molar-refractivity contribution in [2.75, 3.05) is 20.1 Å². The molecule has 116 valence electrons. The number of nitrogens with zero attached hydrogens (tertiary/aromatic N) is 2. The van der Waals surface area contributed by atoms with Gasteiger partial charge in [-0.15, -0.1) is 0 Å². The number of phenolic OH excluding ortho intramolecular Hbond substituents is 1. The van der Waals surface area contributed by atoms with Crippen LogP contribution in [0.4, 0.5) is 0 Å². The Bertz CT molecular complexity index is 578. The third-order valence-electron chi connectivity index (χ3n) is 4.92. The summed E-state index contributed by atoms with van der Waals surface area (Å²) < 4.78 is 23.8. The number of aryl methyl sites for hydroxylation is 1. The predicted octanol–water partition coefficient (Wildman–Crippen LogP) is 1.49. The van der Waals surface area contributed by atoms with E-state index in [4.69, 9.17) is 0 Å². The average Bonchev–Trinajstić information content (AvgIpc) is 2.47. The molecular formula is C15H21N2O3S-. The SMILES string of the molecule is Cc1cc2c(cc1O)CCN1CCC(N(C)S(=O)[O-])CC21. The van der Waals surface area contributed by atoms with Crippen molar-refractivity contribution in [3.05, 3.63) is 28.8 Å². The molecule has 1 N–H and O–H groups in total. The van der Waals surface area contributed by atoms with Crippen LogP contribution in [0.3, 0.4) is 0 Å². The molecule has 2 heterocycles. The normalized spacial score (nSPS) is 27.2. The number of aromatic hydroxyl groups is 1. The second-order valence-corrected chi connectivity index (χ2v) is 7.09. The zero-order chi connectivity index (χ0) is 15.1. The number of fused-ring (bicyclic) bond motifs is 3. The summed E-state index contributed by atoms with van der Waals surface area (Å²) >= 11 is -2.16. The Morgan fingerprint density at radius 3 is 2.90 bits per heavy atom. The fraction of sp³-hybridized carbons (Fsp3) is 0.600. The molecule has 5 nitrogen and oxygen atoms in total. The second kappa shape index (κ2) is 5.68. The van der Waals surface area contributed by atoms with Gasteiger partial charge < -0.3 is 9.66 Å². The van der Waals surface area contributed by atoms with E-state index in [0.29, 0.717) is 5.75 Å². The highest BCUT2D eigenvalue weighted by molar-refractivity contribution is 7.76. The van der Waals surface area contributed by atoms with Crippen LogP contribution in [0.25, 0.3) is 0 Å². The molecule has 2 aliphatic rings. The van der Waals surface area contributed by atoms with Gasteiger partial charge in [-0.1, -0.05) is 6.07 Å². The zero-order valence-corrected chi connectivity index (χ0v) is 13.2. The molecule has 3 unspecified atom stereocenters. The van der Waals surface area contributed by atoms with Crippen molar-refractivity contribution in [1.82, 2.24) is 9.21 Å². The number of benzene rings is 1. The van der Waals surface area contributed by atoms with Crippen LogP contribution in [-0.4, -0.2) is 49.3 Å². The van der Waals surface area contributed by atoms with E-state index in [1.165, 1.54) is 15.4 Å². The van der Waals surface area contributed by atoms with Gasteiger partial charge in [-0.3, -0.25) is 9.11 Å². The van der Waals surface area contributed by atoms with Crippen molar-refractivity contribution < 1.29 is 13.9 Å². The quantitative estimate of drug-likeness (QED) is 0.841. The minimum absolute atomic E-state index is 0.0599. The number of hydrogen-bond acceptors (Lipinski definition) is 4. The fourth-order valence-electron chi connectivity index (χ4n) is 3.59. The lowest BCUT2D eigenvalue weighted by atomic mass is 9.84. The molecule has 1 fully saturated rings. The highest BCUT2D eigenvalue weighted by Gasteiger charge is 2.35. The van der Waals surface area contributed by atoms with E-state index < -0.39 is 11.3 Å². The average molecular weight is 309 g/mol. The predicted molar refractivity (Wildman–Crippen MR) is 80.6 cm³/mol. The fourth-order valence-corrected chi connectivity index (χ4v) is 4.03. The molecule has 3 atom stereocenters. The van der Waals surface area contributed by atoms with Crippen LogP contribution in [-0.2, 0) is 17.7 Å². The lowest BCUT2D eigenvalue weighted by molar-refractivity contribution is 0.0961. The maximum Gasteiger partial charge on any atom is 0.118 e. The number of rotatable bonds is 2. The lowest BCUT2D eigenvalue weighted by Crippen LogP contribution is -2.47. The molecule has 6 heteroatoms. The largest absolute Gasteiger partial charge is 0.760 e. The van der Waals surface area contributed by atoms with Crippen molar-refractivity contribution >= 4 is 11.3 Å². The molecule has 1 saturated heterocycles. The summed E-state index contributed by atoms with van der Waals surface area (Å²) in [6.45, 7) is 3.82. The Hall–Kier alpha value is -0.950. The molecule has 21 heavy (non-hydrogen) atoms. The third kappa shape index (κ3) is 2.73. The maximum absolute atomic E-state index is 11.2. The van der Waals surface area contributed by atoms with Crippen molar-refractivity contribution in [1.29, 1.82) is 0 Å². The Morgan fingerprint density at radius 2 is 2.19 bits per heavy atom. The summed E-state index contributed by atoms with van der Waals surface area (Å²) in [5.41, 5.74) is 3.34. The minimum atomic E-state index is -2.16. The van der Waals surface area contributed by atoms with E-state index in [2.05, 4.69) is 11.0 Å². The number of phenols is 1. The molecule has 1 aromatic rings. The molecule has 1 aromatic carbocycles. The smallest absolute Gasteiger partial charge is 0.118 e. The van der Waals surface area contributed by atoms with Gasteiger partial charge in [-0.25, -0.2) is 4.31 Å². The van der Waals surface area contributed by atoms with Gasteiger partial charge in [0, 0.05) is 36.4 Å². The van der Waals surface area contributed by atoms with E-state index in [1.54, 1.807) is 7.05 Å². The van der Waals surface area contributed by atoms with Gasteiger partial charge in [0.2, 0.25) is 0 Å². The van der Waals surface area contributed by atoms with E-state index in [1.807, 2.05) is 13.0 Å². The molecular weight excluding hydrogens is 288 g/mol. The summed E-state index contributed by atoms with van der Waals surface area (Å²) in [4.78, 5) is 2.44. The summed E-state index contributed by atoms with van der Waals surface area (Å²) in [7, 11) is 1.65. The van der Waals surface area contributed by atoms with Gasteiger partial charge in [-0.05, 0) is 56.0 Å².